The molecule has 0 bridgehead atoms. The Labute approximate surface area is 117 Å². The number of fused-ring (bicyclic) bond motifs is 1. The molecule has 1 aromatic heterocycles. The number of pyridine rings is 1. The van der Waals surface area contributed by atoms with Crippen molar-refractivity contribution in [3.8, 4) is 5.75 Å². The maximum absolute atomic E-state index is 11.7. The van der Waals surface area contributed by atoms with Crippen molar-refractivity contribution in [3.63, 3.8) is 0 Å². The predicted octanol–water partition coefficient (Wildman–Crippen LogP) is 1.89. The van der Waals surface area contributed by atoms with Crippen LogP contribution in [0.4, 0.5) is 0 Å². The van der Waals surface area contributed by atoms with E-state index in [1.54, 1.807) is 20.0 Å². The number of nitrogens with zero attached hydrogens (tertiary/aromatic N) is 1. The maximum Gasteiger partial charge on any atom is 0.329 e. The SMILES string of the molecule is CCOC(=O)C(C)(N)COc1cccc2ncccc12. The van der Waals surface area contributed by atoms with Gasteiger partial charge in [-0.3, -0.25) is 4.98 Å². The maximum atomic E-state index is 11.7. The van der Waals surface area contributed by atoms with Crippen LogP contribution in [0.5, 0.6) is 5.75 Å². The third-order valence-corrected chi connectivity index (χ3v) is 2.87. The third-order valence-electron chi connectivity index (χ3n) is 2.87. The molecule has 106 valence electrons. The number of carbonyl (C=O) groups is 1. The molecule has 1 heterocycles. The van der Waals surface area contributed by atoms with E-state index in [4.69, 9.17) is 15.2 Å². The van der Waals surface area contributed by atoms with Gasteiger partial charge in [-0.15, -0.1) is 0 Å². The van der Waals surface area contributed by atoms with Crippen molar-refractivity contribution in [1.29, 1.82) is 0 Å². The van der Waals surface area contributed by atoms with Gasteiger partial charge in [0.15, 0.2) is 0 Å². The molecule has 0 radical (unpaired) electrons. The van der Waals surface area contributed by atoms with Gasteiger partial charge in [-0.1, -0.05) is 6.07 Å². The van der Waals surface area contributed by atoms with Gasteiger partial charge in [0.2, 0.25) is 0 Å². The minimum atomic E-state index is -1.18. The summed E-state index contributed by atoms with van der Waals surface area (Å²) in [7, 11) is 0. The second-order valence-electron chi connectivity index (χ2n) is 4.75. The zero-order chi connectivity index (χ0) is 14.6. The molecule has 2 aromatic rings. The molecular weight excluding hydrogens is 256 g/mol. The highest BCUT2D eigenvalue weighted by Crippen LogP contribution is 2.24. The molecular formula is C15H18N2O3. The number of nitrogens with two attached hydrogens (primary N) is 1. The van der Waals surface area contributed by atoms with Crippen molar-refractivity contribution in [3.05, 3.63) is 36.5 Å². The van der Waals surface area contributed by atoms with E-state index < -0.39 is 11.5 Å². The van der Waals surface area contributed by atoms with Crippen LogP contribution in [0.3, 0.4) is 0 Å². The molecule has 0 aliphatic heterocycles. The molecule has 0 saturated carbocycles. The van der Waals surface area contributed by atoms with E-state index in [9.17, 15) is 4.79 Å². The van der Waals surface area contributed by atoms with Crippen LogP contribution in [0.15, 0.2) is 36.5 Å². The molecule has 2 N–H and O–H groups in total. The fourth-order valence-electron chi connectivity index (χ4n) is 1.78. The van der Waals surface area contributed by atoms with Crippen molar-refractivity contribution in [2.45, 2.75) is 19.4 Å². The first-order valence-electron chi connectivity index (χ1n) is 6.47. The van der Waals surface area contributed by atoms with Gasteiger partial charge in [-0.2, -0.15) is 0 Å². The minimum Gasteiger partial charge on any atom is -0.490 e. The van der Waals surface area contributed by atoms with Gasteiger partial charge in [0.25, 0.3) is 0 Å². The first-order chi connectivity index (χ1) is 9.54. The predicted molar refractivity (Wildman–Crippen MR) is 76.5 cm³/mol. The highest BCUT2D eigenvalue weighted by Gasteiger charge is 2.31. The number of hydrogen-bond donors (Lipinski definition) is 1. The molecule has 1 atom stereocenters. The molecule has 0 aliphatic rings. The number of hydrogen-bond acceptors (Lipinski definition) is 5. The van der Waals surface area contributed by atoms with E-state index in [0.717, 1.165) is 10.9 Å². The Morgan fingerprint density at radius 3 is 2.90 bits per heavy atom. The second kappa shape index (κ2) is 5.88. The molecule has 1 aromatic carbocycles. The average Bonchev–Trinajstić information content (AvgIpc) is 2.45. The summed E-state index contributed by atoms with van der Waals surface area (Å²) in [5.74, 6) is 0.176. The van der Waals surface area contributed by atoms with E-state index in [1.165, 1.54) is 0 Å². The molecule has 2 rings (SSSR count). The number of aromatic nitrogens is 1. The summed E-state index contributed by atoms with van der Waals surface area (Å²) in [5, 5.41) is 0.884. The number of esters is 1. The van der Waals surface area contributed by atoms with Crippen LogP contribution < -0.4 is 10.5 Å². The molecule has 0 saturated heterocycles. The van der Waals surface area contributed by atoms with Crippen LogP contribution in [-0.2, 0) is 9.53 Å². The van der Waals surface area contributed by atoms with Gasteiger partial charge in [-0.05, 0) is 38.1 Å². The normalized spacial score (nSPS) is 13.8. The number of rotatable bonds is 5. The Balaban J connectivity index is 2.15. The summed E-state index contributed by atoms with van der Waals surface area (Å²) in [6.07, 6.45) is 1.72. The highest BCUT2D eigenvalue weighted by atomic mass is 16.5. The van der Waals surface area contributed by atoms with Crippen molar-refractivity contribution in [2.75, 3.05) is 13.2 Å². The largest absolute Gasteiger partial charge is 0.490 e. The van der Waals surface area contributed by atoms with E-state index >= 15 is 0 Å². The van der Waals surface area contributed by atoms with Crippen molar-refractivity contribution < 1.29 is 14.3 Å². The zero-order valence-corrected chi connectivity index (χ0v) is 11.6. The summed E-state index contributed by atoms with van der Waals surface area (Å²) >= 11 is 0. The van der Waals surface area contributed by atoms with Gasteiger partial charge in [0, 0.05) is 11.6 Å². The second-order valence-corrected chi connectivity index (χ2v) is 4.75. The lowest BCUT2D eigenvalue weighted by atomic mass is 10.1. The molecule has 1 unspecified atom stereocenters. The van der Waals surface area contributed by atoms with Gasteiger partial charge >= 0.3 is 5.97 Å². The molecule has 5 heteroatoms. The molecule has 0 spiro atoms. The number of carbonyl (C=O) groups excluding carboxylic acids is 1. The number of benzene rings is 1. The lowest BCUT2D eigenvalue weighted by Crippen LogP contribution is -2.51. The molecule has 0 fully saturated rings. The molecule has 0 aliphatic carbocycles. The summed E-state index contributed by atoms with van der Waals surface area (Å²) in [6.45, 7) is 3.67. The Hall–Kier alpha value is -2.14. The van der Waals surface area contributed by atoms with E-state index in [0.29, 0.717) is 12.4 Å². The molecule has 20 heavy (non-hydrogen) atoms. The van der Waals surface area contributed by atoms with Crippen LogP contribution in [0.1, 0.15) is 13.8 Å². The monoisotopic (exact) mass is 274 g/mol. The minimum absolute atomic E-state index is 0.0415. The quantitative estimate of drug-likeness (QED) is 0.843. The van der Waals surface area contributed by atoms with Crippen LogP contribution in [0.2, 0.25) is 0 Å². The van der Waals surface area contributed by atoms with Crippen LogP contribution in [0, 0.1) is 0 Å². The third kappa shape index (κ3) is 3.05. The van der Waals surface area contributed by atoms with Gasteiger partial charge < -0.3 is 15.2 Å². The topological polar surface area (TPSA) is 74.4 Å². The standard InChI is InChI=1S/C15H18N2O3/c1-3-19-14(18)15(2,16)10-20-13-8-4-7-12-11(13)6-5-9-17-12/h4-9H,3,10,16H2,1-2H3. The summed E-state index contributed by atoms with van der Waals surface area (Å²) in [4.78, 5) is 16.0. The van der Waals surface area contributed by atoms with E-state index in [1.807, 2.05) is 30.3 Å². The van der Waals surface area contributed by atoms with Crippen molar-refractivity contribution >= 4 is 16.9 Å². The molecule has 0 amide bonds. The van der Waals surface area contributed by atoms with Crippen LogP contribution >= 0.6 is 0 Å². The Morgan fingerprint density at radius 1 is 1.35 bits per heavy atom. The van der Waals surface area contributed by atoms with Crippen molar-refractivity contribution in [1.82, 2.24) is 4.98 Å². The average molecular weight is 274 g/mol. The Kier molecular flexibility index (Phi) is 4.20. The van der Waals surface area contributed by atoms with Crippen LogP contribution in [-0.4, -0.2) is 29.7 Å². The smallest absolute Gasteiger partial charge is 0.329 e. The lowest BCUT2D eigenvalue weighted by molar-refractivity contribution is -0.150. The summed E-state index contributed by atoms with van der Waals surface area (Å²) < 4.78 is 10.6. The Bertz CT molecular complexity index is 606. The first kappa shape index (κ1) is 14.3. The fraction of sp³-hybridized carbons (Fsp3) is 0.333. The van der Waals surface area contributed by atoms with Crippen molar-refractivity contribution in [2.24, 2.45) is 5.73 Å². The first-order valence-corrected chi connectivity index (χ1v) is 6.47. The zero-order valence-electron chi connectivity index (χ0n) is 11.6. The fourth-order valence-corrected chi connectivity index (χ4v) is 1.78. The van der Waals surface area contributed by atoms with E-state index in [2.05, 4.69) is 4.98 Å². The summed E-state index contributed by atoms with van der Waals surface area (Å²) in [5.41, 5.74) is 5.58. The van der Waals surface area contributed by atoms with Crippen LogP contribution in [0.25, 0.3) is 10.9 Å². The van der Waals surface area contributed by atoms with Gasteiger partial charge in [-0.25, -0.2) is 4.79 Å². The highest BCUT2D eigenvalue weighted by molar-refractivity contribution is 5.85. The molecule has 5 nitrogen and oxygen atoms in total. The van der Waals surface area contributed by atoms with Gasteiger partial charge in [0.05, 0.1) is 12.1 Å². The Morgan fingerprint density at radius 2 is 2.15 bits per heavy atom. The summed E-state index contributed by atoms with van der Waals surface area (Å²) in [6, 6.07) is 9.32. The van der Waals surface area contributed by atoms with Gasteiger partial charge in [0.1, 0.15) is 17.9 Å². The lowest BCUT2D eigenvalue weighted by Gasteiger charge is -2.22. The number of ether oxygens (including phenoxy) is 2. The van der Waals surface area contributed by atoms with E-state index in [-0.39, 0.29) is 6.61 Å².